The van der Waals surface area contributed by atoms with Crippen molar-refractivity contribution in [3.05, 3.63) is 30.1 Å². The van der Waals surface area contributed by atoms with E-state index in [4.69, 9.17) is 4.74 Å². The van der Waals surface area contributed by atoms with E-state index in [9.17, 15) is 17.6 Å². The van der Waals surface area contributed by atoms with Gasteiger partial charge in [0.15, 0.2) is 6.61 Å². The van der Waals surface area contributed by atoms with Crippen molar-refractivity contribution in [2.24, 2.45) is 0 Å². The molecular weight excluding hydrogens is 311 g/mol. The first kappa shape index (κ1) is 16.7. The summed E-state index contributed by atoms with van der Waals surface area (Å²) >= 11 is 0. The van der Waals surface area contributed by atoms with Crippen LogP contribution in [0.2, 0.25) is 0 Å². The van der Waals surface area contributed by atoms with Gasteiger partial charge in [-0.15, -0.1) is 0 Å². The summed E-state index contributed by atoms with van der Waals surface area (Å²) in [5.41, 5.74) is 0. The van der Waals surface area contributed by atoms with Gasteiger partial charge in [0.25, 0.3) is 5.91 Å². The highest BCUT2D eigenvalue weighted by molar-refractivity contribution is 7.88. The Labute approximate surface area is 129 Å². The van der Waals surface area contributed by atoms with Gasteiger partial charge in [0.2, 0.25) is 10.0 Å². The summed E-state index contributed by atoms with van der Waals surface area (Å²) < 4.78 is 42.7. The van der Waals surface area contributed by atoms with E-state index in [0.717, 1.165) is 12.8 Å². The van der Waals surface area contributed by atoms with E-state index in [1.54, 1.807) is 6.07 Å². The average Bonchev–Trinajstić information content (AvgIpc) is 2.91. The van der Waals surface area contributed by atoms with Crippen molar-refractivity contribution in [3.63, 3.8) is 0 Å². The molecule has 122 valence electrons. The lowest BCUT2D eigenvalue weighted by Crippen LogP contribution is -2.43. The van der Waals surface area contributed by atoms with Crippen molar-refractivity contribution in [1.82, 2.24) is 9.62 Å². The van der Waals surface area contributed by atoms with E-state index in [2.05, 4.69) is 5.32 Å². The molecule has 6 nitrogen and oxygen atoms in total. The summed E-state index contributed by atoms with van der Waals surface area (Å²) in [6.45, 7) is 0.493. The quantitative estimate of drug-likeness (QED) is 0.835. The third kappa shape index (κ3) is 4.67. The number of carbonyl (C=O) groups is 1. The lowest BCUT2D eigenvalue weighted by molar-refractivity contribution is -0.123. The Morgan fingerprint density at radius 1 is 1.50 bits per heavy atom. The van der Waals surface area contributed by atoms with Crippen LogP contribution in [-0.4, -0.2) is 50.6 Å². The molecule has 1 heterocycles. The molecule has 1 unspecified atom stereocenters. The van der Waals surface area contributed by atoms with Crippen LogP contribution in [0.15, 0.2) is 24.3 Å². The van der Waals surface area contributed by atoms with E-state index in [1.807, 2.05) is 0 Å². The van der Waals surface area contributed by atoms with E-state index in [-0.39, 0.29) is 30.9 Å². The smallest absolute Gasteiger partial charge is 0.257 e. The minimum Gasteiger partial charge on any atom is -0.484 e. The molecule has 1 amide bonds. The number of ether oxygens (including phenoxy) is 1. The van der Waals surface area contributed by atoms with E-state index in [0.29, 0.717) is 6.54 Å². The van der Waals surface area contributed by atoms with Crippen LogP contribution >= 0.6 is 0 Å². The highest BCUT2D eigenvalue weighted by atomic mass is 32.2. The van der Waals surface area contributed by atoms with Gasteiger partial charge in [-0.05, 0) is 25.0 Å². The number of carbonyl (C=O) groups excluding carboxylic acids is 1. The van der Waals surface area contributed by atoms with Crippen molar-refractivity contribution in [2.75, 3.05) is 26.0 Å². The van der Waals surface area contributed by atoms with Gasteiger partial charge in [0.1, 0.15) is 11.6 Å². The van der Waals surface area contributed by atoms with E-state index in [1.165, 1.54) is 28.8 Å². The van der Waals surface area contributed by atoms with Crippen molar-refractivity contribution in [3.8, 4) is 5.75 Å². The Bertz CT molecular complexity index is 635. The molecule has 1 aliphatic heterocycles. The predicted molar refractivity (Wildman–Crippen MR) is 79.5 cm³/mol. The number of hydrogen-bond acceptors (Lipinski definition) is 4. The van der Waals surface area contributed by atoms with Crippen LogP contribution in [0.3, 0.4) is 0 Å². The molecule has 0 radical (unpaired) electrons. The van der Waals surface area contributed by atoms with E-state index < -0.39 is 15.8 Å². The molecule has 1 fully saturated rings. The lowest BCUT2D eigenvalue weighted by atomic mass is 10.2. The molecule has 0 aliphatic carbocycles. The molecule has 1 aromatic rings. The monoisotopic (exact) mass is 330 g/mol. The maximum atomic E-state index is 13.0. The summed E-state index contributed by atoms with van der Waals surface area (Å²) in [4.78, 5) is 11.7. The Morgan fingerprint density at radius 3 is 2.95 bits per heavy atom. The largest absolute Gasteiger partial charge is 0.484 e. The van der Waals surface area contributed by atoms with Crippen LogP contribution in [0.1, 0.15) is 12.8 Å². The summed E-state index contributed by atoms with van der Waals surface area (Å²) in [6, 6.07) is 5.31. The van der Waals surface area contributed by atoms with Crippen LogP contribution in [-0.2, 0) is 14.8 Å². The minimum atomic E-state index is -3.25. The van der Waals surface area contributed by atoms with Crippen LogP contribution in [0.4, 0.5) is 4.39 Å². The third-order valence-corrected chi connectivity index (χ3v) is 4.78. The van der Waals surface area contributed by atoms with E-state index >= 15 is 0 Å². The molecule has 2 rings (SSSR count). The number of nitrogens with one attached hydrogen (secondary N) is 1. The van der Waals surface area contributed by atoms with Crippen LogP contribution in [0.25, 0.3) is 0 Å². The standard InChI is InChI=1S/C14H19FN2O4S/c1-22(19,20)17-7-3-5-12(17)9-16-14(18)10-21-13-6-2-4-11(15)8-13/h2,4,6,8,12H,3,5,7,9-10H2,1H3,(H,16,18). The molecule has 0 saturated carbocycles. The van der Waals surface area contributed by atoms with Gasteiger partial charge in [0.05, 0.1) is 6.26 Å². The highest BCUT2D eigenvalue weighted by Gasteiger charge is 2.31. The number of benzene rings is 1. The SMILES string of the molecule is CS(=O)(=O)N1CCCC1CNC(=O)COc1cccc(F)c1. The van der Waals surface area contributed by atoms with Gasteiger partial charge in [-0.1, -0.05) is 6.07 Å². The zero-order valence-corrected chi connectivity index (χ0v) is 13.1. The molecule has 1 aromatic carbocycles. The molecule has 0 aromatic heterocycles. The average molecular weight is 330 g/mol. The number of halogens is 1. The first-order chi connectivity index (χ1) is 10.4. The van der Waals surface area contributed by atoms with Crippen molar-refractivity contribution in [1.29, 1.82) is 0 Å². The topological polar surface area (TPSA) is 75.7 Å². The Balaban J connectivity index is 1.78. The fraction of sp³-hybridized carbons (Fsp3) is 0.500. The zero-order chi connectivity index (χ0) is 16.2. The fourth-order valence-corrected chi connectivity index (χ4v) is 3.62. The van der Waals surface area contributed by atoms with Crippen molar-refractivity contribution >= 4 is 15.9 Å². The maximum Gasteiger partial charge on any atom is 0.257 e. The molecule has 1 N–H and O–H groups in total. The van der Waals surface area contributed by atoms with Crippen LogP contribution in [0.5, 0.6) is 5.75 Å². The second-order valence-electron chi connectivity index (χ2n) is 5.22. The second kappa shape index (κ2) is 7.06. The van der Waals surface area contributed by atoms with Crippen LogP contribution < -0.4 is 10.1 Å². The number of amides is 1. The molecule has 0 bridgehead atoms. The Morgan fingerprint density at radius 2 is 2.27 bits per heavy atom. The Kier molecular flexibility index (Phi) is 5.36. The number of nitrogens with zero attached hydrogens (tertiary/aromatic N) is 1. The number of hydrogen-bond donors (Lipinski definition) is 1. The molecule has 1 aliphatic rings. The molecule has 0 spiro atoms. The zero-order valence-electron chi connectivity index (χ0n) is 12.3. The van der Waals surface area contributed by atoms with Gasteiger partial charge in [0, 0.05) is 25.2 Å². The van der Waals surface area contributed by atoms with Gasteiger partial charge < -0.3 is 10.1 Å². The Hall–Kier alpha value is -1.67. The lowest BCUT2D eigenvalue weighted by Gasteiger charge is -2.22. The molecule has 22 heavy (non-hydrogen) atoms. The van der Waals surface area contributed by atoms with Gasteiger partial charge in [-0.2, -0.15) is 4.31 Å². The minimum absolute atomic E-state index is 0.215. The first-order valence-corrected chi connectivity index (χ1v) is 8.83. The molecule has 8 heteroatoms. The van der Waals surface area contributed by atoms with Crippen LogP contribution in [0, 0.1) is 5.82 Å². The van der Waals surface area contributed by atoms with Gasteiger partial charge >= 0.3 is 0 Å². The van der Waals surface area contributed by atoms with Gasteiger partial charge in [-0.3, -0.25) is 4.79 Å². The van der Waals surface area contributed by atoms with Crippen molar-refractivity contribution in [2.45, 2.75) is 18.9 Å². The predicted octanol–water partition coefficient (Wildman–Crippen LogP) is 0.745. The maximum absolute atomic E-state index is 13.0. The number of rotatable bonds is 6. The fourth-order valence-electron chi connectivity index (χ4n) is 2.44. The summed E-state index contributed by atoms with van der Waals surface area (Å²) in [5, 5.41) is 2.65. The number of sulfonamides is 1. The normalized spacial score (nSPS) is 19.1. The summed E-state index contributed by atoms with van der Waals surface area (Å²) in [7, 11) is -3.25. The molecule has 1 saturated heterocycles. The molecular formula is C14H19FN2O4S. The van der Waals surface area contributed by atoms with Crippen molar-refractivity contribution < 1.29 is 22.3 Å². The summed E-state index contributed by atoms with van der Waals surface area (Å²) in [6.07, 6.45) is 2.67. The first-order valence-electron chi connectivity index (χ1n) is 6.98. The highest BCUT2D eigenvalue weighted by Crippen LogP contribution is 2.19. The second-order valence-corrected chi connectivity index (χ2v) is 7.15. The molecule has 1 atom stereocenters. The van der Waals surface area contributed by atoms with Gasteiger partial charge in [-0.25, -0.2) is 12.8 Å². The third-order valence-electron chi connectivity index (χ3n) is 3.45. The summed E-state index contributed by atoms with van der Waals surface area (Å²) in [5.74, 6) is -0.536.